The molecule has 2 rings (SSSR count). The molecular formula is C13H8BrF3S. The standard InChI is InChI=1S/C13H8BrF3S/c14-11-5-9(15)2-1-8(11)7-18-10-3-4-12(16)13(17)6-10/h1-6H,7H2. The van der Waals surface area contributed by atoms with Crippen LogP contribution in [0.25, 0.3) is 0 Å². The minimum absolute atomic E-state index is 0.316. The van der Waals surface area contributed by atoms with Crippen LogP contribution in [0.5, 0.6) is 0 Å². The number of thioether (sulfide) groups is 1. The summed E-state index contributed by atoms with van der Waals surface area (Å²) in [4.78, 5) is 0.630. The summed E-state index contributed by atoms with van der Waals surface area (Å²) < 4.78 is 39.3. The van der Waals surface area contributed by atoms with Crippen molar-refractivity contribution in [2.24, 2.45) is 0 Å². The molecule has 0 saturated carbocycles. The molecule has 2 aromatic rings. The van der Waals surface area contributed by atoms with Crippen molar-refractivity contribution in [2.45, 2.75) is 10.6 Å². The molecule has 5 heteroatoms. The predicted octanol–water partition coefficient (Wildman–Crippen LogP) is 5.16. The van der Waals surface area contributed by atoms with Crippen molar-refractivity contribution in [2.75, 3.05) is 0 Å². The van der Waals surface area contributed by atoms with Crippen LogP contribution in [0.15, 0.2) is 45.8 Å². The van der Waals surface area contributed by atoms with Crippen molar-refractivity contribution in [1.82, 2.24) is 0 Å². The third-order valence-corrected chi connectivity index (χ3v) is 4.08. The van der Waals surface area contributed by atoms with Crippen LogP contribution in [0.1, 0.15) is 5.56 Å². The maximum absolute atomic E-state index is 13.0. The van der Waals surface area contributed by atoms with Gasteiger partial charge in [-0.05, 0) is 35.9 Å². The lowest BCUT2D eigenvalue weighted by Crippen LogP contribution is -1.87. The Morgan fingerprint density at radius 3 is 2.39 bits per heavy atom. The van der Waals surface area contributed by atoms with E-state index < -0.39 is 11.6 Å². The smallest absolute Gasteiger partial charge is 0.159 e. The van der Waals surface area contributed by atoms with Gasteiger partial charge >= 0.3 is 0 Å². The van der Waals surface area contributed by atoms with Crippen LogP contribution in [-0.4, -0.2) is 0 Å². The maximum Gasteiger partial charge on any atom is 0.159 e. The zero-order valence-electron chi connectivity index (χ0n) is 9.09. The molecular weight excluding hydrogens is 325 g/mol. The van der Waals surface area contributed by atoms with E-state index in [2.05, 4.69) is 15.9 Å². The molecule has 94 valence electrons. The lowest BCUT2D eigenvalue weighted by molar-refractivity contribution is 0.506. The number of hydrogen-bond acceptors (Lipinski definition) is 1. The highest BCUT2D eigenvalue weighted by molar-refractivity contribution is 9.10. The van der Waals surface area contributed by atoms with Gasteiger partial charge in [-0.1, -0.05) is 22.0 Å². The highest BCUT2D eigenvalue weighted by atomic mass is 79.9. The van der Waals surface area contributed by atoms with E-state index in [4.69, 9.17) is 0 Å². The van der Waals surface area contributed by atoms with Gasteiger partial charge in [-0.2, -0.15) is 0 Å². The normalized spacial score (nSPS) is 10.7. The fourth-order valence-electron chi connectivity index (χ4n) is 1.37. The van der Waals surface area contributed by atoms with E-state index in [-0.39, 0.29) is 5.82 Å². The van der Waals surface area contributed by atoms with Crippen LogP contribution in [-0.2, 0) is 5.75 Å². The van der Waals surface area contributed by atoms with Gasteiger partial charge in [0.25, 0.3) is 0 Å². The van der Waals surface area contributed by atoms with Gasteiger partial charge in [0, 0.05) is 15.1 Å². The van der Waals surface area contributed by atoms with E-state index in [1.165, 1.54) is 30.0 Å². The van der Waals surface area contributed by atoms with Crippen molar-refractivity contribution in [3.63, 3.8) is 0 Å². The average Bonchev–Trinajstić information content (AvgIpc) is 2.32. The molecule has 0 spiro atoms. The molecule has 0 aliphatic carbocycles. The van der Waals surface area contributed by atoms with E-state index >= 15 is 0 Å². The molecule has 0 nitrogen and oxygen atoms in total. The molecule has 0 N–H and O–H groups in total. The summed E-state index contributed by atoms with van der Waals surface area (Å²) in [6, 6.07) is 8.16. The Morgan fingerprint density at radius 2 is 1.72 bits per heavy atom. The lowest BCUT2D eigenvalue weighted by atomic mass is 10.2. The fraction of sp³-hybridized carbons (Fsp3) is 0.0769. The average molecular weight is 333 g/mol. The number of benzene rings is 2. The number of hydrogen-bond donors (Lipinski definition) is 0. The fourth-order valence-corrected chi connectivity index (χ4v) is 2.97. The number of rotatable bonds is 3. The van der Waals surface area contributed by atoms with Gasteiger partial charge in [-0.3, -0.25) is 0 Å². The number of halogens is 4. The van der Waals surface area contributed by atoms with Gasteiger partial charge in [0.15, 0.2) is 11.6 Å². The van der Waals surface area contributed by atoms with Gasteiger partial charge in [0.05, 0.1) is 0 Å². The minimum atomic E-state index is -0.863. The molecule has 0 unspecified atom stereocenters. The topological polar surface area (TPSA) is 0 Å². The summed E-state index contributed by atoms with van der Waals surface area (Å²) in [6.45, 7) is 0. The van der Waals surface area contributed by atoms with E-state index in [0.29, 0.717) is 15.1 Å². The molecule has 0 radical (unpaired) electrons. The van der Waals surface area contributed by atoms with Crippen molar-refractivity contribution >= 4 is 27.7 Å². The van der Waals surface area contributed by atoms with Crippen molar-refractivity contribution in [1.29, 1.82) is 0 Å². The van der Waals surface area contributed by atoms with E-state index in [1.807, 2.05) is 0 Å². The molecule has 0 amide bonds. The summed E-state index contributed by atoms with van der Waals surface area (Å²) in [5.74, 6) is -1.49. The molecule has 0 aliphatic heterocycles. The van der Waals surface area contributed by atoms with Crippen LogP contribution in [0, 0.1) is 17.5 Å². The van der Waals surface area contributed by atoms with Crippen LogP contribution >= 0.6 is 27.7 Å². The highest BCUT2D eigenvalue weighted by Crippen LogP contribution is 2.28. The first kappa shape index (κ1) is 13.5. The van der Waals surface area contributed by atoms with Gasteiger partial charge < -0.3 is 0 Å². The molecule has 0 bridgehead atoms. The molecule has 0 saturated heterocycles. The second kappa shape index (κ2) is 5.80. The summed E-state index contributed by atoms with van der Waals surface area (Å²) in [7, 11) is 0. The predicted molar refractivity (Wildman–Crippen MR) is 70.0 cm³/mol. The van der Waals surface area contributed by atoms with Crippen LogP contribution in [0.3, 0.4) is 0 Å². The minimum Gasteiger partial charge on any atom is -0.207 e. The summed E-state index contributed by atoms with van der Waals surface area (Å²) >= 11 is 4.62. The van der Waals surface area contributed by atoms with Gasteiger partial charge in [0.1, 0.15) is 5.82 Å². The Labute approximate surface area is 115 Å². The van der Waals surface area contributed by atoms with Crippen molar-refractivity contribution < 1.29 is 13.2 Å². The monoisotopic (exact) mass is 332 g/mol. The molecule has 0 aliphatic rings. The van der Waals surface area contributed by atoms with E-state index in [9.17, 15) is 13.2 Å². The van der Waals surface area contributed by atoms with Crippen molar-refractivity contribution in [3.8, 4) is 0 Å². The summed E-state index contributed by atoms with van der Waals surface area (Å²) in [6.07, 6.45) is 0. The first-order valence-electron chi connectivity index (χ1n) is 5.08. The maximum atomic E-state index is 13.0. The Morgan fingerprint density at radius 1 is 0.944 bits per heavy atom. The second-order valence-corrected chi connectivity index (χ2v) is 5.50. The molecule has 0 atom stereocenters. The van der Waals surface area contributed by atoms with Gasteiger partial charge in [-0.15, -0.1) is 11.8 Å². The SMILES string of the molecule is Fc1ccc(CSc2ccc(F)c(F)c2)c(Br)c1. The van der Waals surface area contributed by atoms with Crippen LogP contribution in [0.4, 0.5) is 13.2 Å². The Balaban J connectivity index is 2.09. The Kier molecular flexibility index (Phi) is 4.35. The third-order valence-electron chi connectivity index (χ3n) is 2.30. The molecule has 0 heterocycles. The highest BCUT2D eigenvalue weighted by Gasteiger charge is 2.05. The van der Waals surface area contributed by atoms with Crippen LogP contribution < -0.4 is 0 Å². The van der Waals surface area contributed by atoms with E-state index in [0.717, 1.165) is 17.7 Å². The first-order chi connectivity index (χ1) is 8.56. The van der Waals surface area contributed by atoms with E-state index in [1.54, 1.807) is 6.07 Å². The zero-order valence-corrected chi connectivity index (χ0v) is 11.5. The molecule has 0 aromatic heterocycles. The quantitative estimate of drug-likeness (QED) is 0.699. The molecule has 18 heavy (non-hydrogen) atoms. The molecule has 2 aromatic carbocycles. The third kappa shape index (κ3) is 3.29. The Bertz CT molecular complexity index is 572. The summed E-state index contributed by atoms with van der Waals surface area (Å²) in [5.41, 5.74) is 0.895. The second-order valence-electron chi connectivity index (χ2n) is 3.60. The summed E-state index contributed by atoms with van der Waals surface area (Å²) in [5, 5.41) is 0. The molecule has 0 fully saturated rings. The lowest BCUT2D eigenvalue weighted by Gasteiger charge is -2.05. The largest absolute Gasteiger partial charge is 0.207 e. The van der Waals surface area contributed by atoms with Gasteiger partial charge in [0.2, 0.25) is 0 Å². The van der Waals surface area contributed by atoms with Crippen LogP contribution in [0.2, 0.25) is 0 Å². The van der Waals surface area contributed by atoms with Crippen molar-refractivity contribution in [3.05, 3.63) is 63.9 Å². The zero-order chi connectivity index (χ0) is 13.1. The first-order valence-corrected chi connectivity index (χ1v) is 6.86. The van der Waals surface area contributed by atoms with Gasteiger partial charge in [-0.25, -0.2) is 13.2 Å². The Hall–Kier alpha value is -0.940.